The number of hydrogen-bond acceptors (Lipinski definition) is 1. The Morgan fingerprint density at radius 2 is 1.80 bits per heavy atom. The van der Waals surface area contributed by atoms with E-state index >= 15 is 0 Å². The van der Waals surface area contributed by atoms with Crippen LogP contribution in [0.3, 0.4) is 0 Å². The van der Waals surface area contributed by atoms with Gasteiger partial charge >= 0.3 is 0 Å². The lowest BCUT2D eigenvalue weighted by Gasteiger charge is -2.19. The second kappa shape index (κ2) is 8.15. The van der Waals surface area contributed by atoms with Crippen LogP contribution in [-0.2, 0) is 0 Å². The second-order valence-electron chi connectivity index (χ2n) is 5.17. The predicted molar refractivity (Wildman–Crippen MR) is 68.2 cm³/mol. The van der Waals surface area contributed by atoms with Gasteiger partial charge in [0.15, 0.2) is 0 Å². The summed E-state index contributed by atoms with van der Waals surface area (Å²) in [5.74, 6) is 1.06. The Morgan fingerprint density at radius 3 is 2.40 bits per heavy atom. The quantitative estimate of drug-likeness (QED) is 0.636. The third-order valence-electron chi connectivity index (χ3n) is 3.72. The molecule has 0 saturated heterocycles. The van der Waals surface area contributed by atoms with Gasteiger partial charge in [-0.15, -0.1) is 0 Å². The first kappa shape index (κ1) is 13.0. The molecule has 1 aliphatic rings. The van der Waals surface area contributed by atoms with E-state index in [1.807, 2.05) is 0 Å². The maximum absolute atomic E-state index is 3.69. The van der Waals surface area contributed by atoms with Crippen LogP contribution in [0.15, 0.2) is 0 Å². The minimum atomic E-state index is 0.801. The van der Waals surface area contributed by atoms with Crippen LogP contribution in [0.25, 0.3) is 0 Å². The van der Waals surface area contributed by atoms with Gasteiger partial charge in [-0.3, -0.25) is 0 Å². The molecule has 90 valence electrons. The second-order valence-corrected chi connectivity index (χ2v) is 5.17. The van der Waals surface area contributed by atoms with Gasteiger partial charge in [0.05, 0.1) is 0 Å². The highest BCUT2D eigenvalue weighted by atomic mass is 14.9. The lowest BCUT2D eigenvalue weighted by Crippen LogP contribution is -2.30. The summed E-state index contributed by atoms with van der Waals surface area (Å²) < 4.78 is 0. The molecule has 0 amide bonds. The Bertz CT molecular complexity index is 138. The monoisotopic (exact) mass is 211 g/mol. The summed E-state index contributed by atoms with van der Waals surface area (Å²) in [6.45, 7) is 5.76. The van der Waals surface area contributed by atoms with Gasteiger partial charge in [-0.2, -0.15) is 0 Å². The summed E-state index contributed by atoms with van der Waals surface area (Å²) in [4.78, 5) is 0. The summed E-state index contributed by atoms with van der Waals surface area (Å²) >= 11 is 0. The molecule has 1 nitrogen and oxygen atoms in total. The summed E-state index contributed by atoms with van der Waals surface area (Å²) in [5, 5.41) is 3.69. The van der Waals surface area contributed by atoms with Gasteiger partial charge in [-0.05, 0) is 38.1 Å². The molecule has 0 bridgehead atoms. The zero-order valence-corrected chi connectivity index (χ0v) is 10.7. The average molecular weight is 211 g/mol. The van der Waals surface area contributed by atoms with Gasteiger partial charge < -0.3 is 5.32 Å². The van der Waals surface area contributed by atoms with Crippen molar-refractivity contribution >= 4 is 0 Å². The molecule has 1 atom stereocenters. The Labute approximate surface area is 96.0 Å². The van der Waals surface area contributed by atoms with Crippen LogP contribution < -0.4 is 5.32 Å². The Balaban J connectivity index is 2.11. The molecule has 0 aromatic carbocycles. The van der Waals surface area contributed by atoms with Gasteiger partial charge in [0, 0.05) is 6.04 Å². The van der Waals surface area contributed by atoms with Crippen molar-refractivity contribution in [3.05, 3.63) is 0 Å². The van der Waals surface area contributed by atoms with Crippen molar-refractivity contribution in [1.29, 1.82) is 0 Å². The minimum Gasteiger partial charge on any atom is -0.314 e. The summed E-state index contributed by atoms with van der Waals surface area (Å²) in [5.41, 5.74) is 0. The van der Waals surface area contributed by atoms with Crippen LogP contribution in [0.1, 0.15) is 71.6 Å². The molecule has 1 aliphatic carbocycles. The first-order valence-corrected chi connectivity index (χ1v) is 7.10. The molecule has 0 heterocycles. The molecule has 0 aliphatic heterocycles. The van der Waals surface area contributed by atoms with Crippen LogP contribution in [0.4, 0.5) is 0 Å². The van der Waals surface area contributed by atoms with Gasteiger partial charge in [0.1, 0.15) is 0 Å². The molecule has 15 heavy (non-hydrogen) atoms. The fraction of sp³-hybridized carbons (Fsp3) is 1.00. The summed E-state index contributed by atoms with van der Waals surface area (Å²) in [7, 11) is 0. The van der Waals surface area contributed by atoms with E-state index in [1.165, 1.54) is 64.3 Å². The van der Waals surface area contributed by atoms with Crippen molar-refractivity contribution in [2.75, 3.05) is 6.54 Å². The van der Waals surface area contributed by atoms with E-state index in [0.29, 0.717) is 0 Å². The topological polar surface area (TPSA) is 12.0 Å². The fourth-order valence-corrected chi connectivity index (χ4v) is 2.78. The molecule has 0 aromatic heterocycles. The first-order valence-electron chi connectivity index (χ1n) is 7.10. The van der Waals surface area contributed by atoms with E-state index in [1.54, 1.807) is 0 Å². The van der Waals surface area contributed by atoms with Crippen molar-refractivity contribution < 1.29 is 0 Å². The molecule has 0 spiro atoms. The van der Waals surface area contributed by atoms with Crippen molar-refractivity contribution in [2.24, 2.45) is 5.92 Å². The third kappa shape index (κ3) is 5.55. The number of hydrogen-bond donors (Lipinski definition) is 1. The van der Waals surface area contributed by atoms with Crippen molar-refractivity contribution in [1.82, 2.24) is 5.32 Å². The van der Waals surface area contributed by atoms with Gasteiger partial charge in [-0.1, -0.05) is 46.0 Å². The van der Waals surface area contributed by atoms with E-state index < -0.39 is 0 Å². The Hall–Kier alpha value is -0.0400. The number of rotatable bonds is 8. The molecule has 1 saturated carbocycles. The predicted octanol–water partition coefficient (Wildman–Crippen LogP) is 4.13. The van der Waals surface area contributed by atoms with Crippen molar-refractivity contribution in [3.8, 4) is 0 Å². The summed E-state index contributed by atoms with van der Waals surface area (Å²) in [6, 6.07) is 0.801. The van der Waals surface area contributed by atoms with Crippen LogP contribution in [0.2, 0.25) is 0 Å². The SMILES string of the molecule is CCCNC(CCC)CCC1CCCC1. The Kier molecular flexibility index (Phi) is 7.08. The highest BCUT2D eigenvalue weighted by molar-refractivity contribution is 4.72. The molecule has 1 fully saturated rings. The normalized spacial score (nSPS) is 19.6. The van der Waals surface area contributed by atoms with Gasteiger partial charge in [0.25, 0.3) is 0 Å². The van der Waals surface area contributed by atoms with E-state index in [9.17, 15) is 0 Å². The van der Waals surface area contributed by atoms with E-state index in [0.717, 1.165) is 12.0 Å². The van der Waals surface area contributed by atoms with Crippen LogP contribution >= 0.6 is 0 Å². The molecular weight excluding hydrogens is 182 g/mol. The lowest BCUT2D eigenvalue weighted by molar-refractivity contribution is 0.387. The molecule has 0 radical (unpaired) electrons. The molecule has 1 heteroatoms. The smallest absolute Gasteiger partial charge is 0.00670 e. The molecule has 1 unspecified atom stereocenters. The van der Waals surface area contributed by atoms with E-state index in [-0.39, 0.29) is 0 Å². The fourth-order valence-electron chi connectivity index (χ4n) is 2.78. The average Bonchev–Trinajstić information content (AvgIpc) is 2.75. The molecule has 1 N–H and O–H groups in total. The minimum absolute atomic E-state index is 0.801. The largest absolute Gasteiger partial charge is 0.314 e. The van der Waals surface area contributed by atoms with Crippen LogP contribution in [0, 0.1) is 5.92 Å². The van der Waals surface area contributed by atoms with E-state index in [4.69, 9.17) is 0 Å². The van der Waals surface area contributed by atoms with Crippen LogP contribution in [0.5, 0.6) is 0 Å². The van der Waals surface area contributed by atoms with Crippen LogP contribution in [-0.4, -0.2) is 12.6 Å². The van der Waals surface area contributed by atoms with Gasteiger partial charge in [-0.25, -0.2) is 0 Å². The van der Waals surface area contributed by atoms with Crippen molar-refractivity contribution in [3.63, 3.8) is 0 Å². The van der Waals surface area contributed by atoms with E-state index in [2.05, 4.69) is 19.2 Å². The maximum Gasteiger partial charge on any atom is 0.00670 e. The highest BCUT2D eigenvalue weighted by Crippen LogP contribution is 2.29. The third-order valence-corrected chi connectivity index (χ3v) is 3.72. The van der Waals surface area contributed by atoms with Gasteiger partial charge in [0.2, 0.25) is 0 Å². The first-order chi connectivity index (χ1) is 7.36. The molecule has 0 aromatic rings. The number of nitrogens with one attached hydrogen (secondary N) is 1. The zero-order valence-electron chi connectivity index (χ0n) is 10.7. The molecule has 1 rings (SSSR count). The highest BCUT2D eigenvalue weighted by Gasteiger charge is 2.16. The summed E-state index contributed by atoms with van der Waals surface area (Å²) in [6.07, 6.45) is 12.8. The maximum atomic E-state index is 3.69. The Morgan fingerprint density at radius 1 is 1.07 bits per heavy atom. The van der Waals surface area contributed by atoms with Crippen molar-refractivity contribution in [2.45, 2.75) is 77.7 Å². The lowest BCUT2D eigenvalue weighted by atomic mass is 9.96. The molecular formula is C14H29N. The zero-order chi connectivity index (χ0) is 10.9. The standard InChI is InChI=1S/C14H29N/c1-3-7-14(15-12-4-2)11-10-13-8-5-6-9-13/h13-15H,3-12H2,1-2H3.